The molecule has 0 aliphatic rings. The van der Waals surface area contributed by atoms with Crippen molar-refractivity contribution in [3.8, 4) is 0 Å². The van der Waals surface area contributed by atoms with Crippen molar-refractivity contribution < 1.29 is 4.79 Å². The summed E-state index contributed by atoms with van der Waals surface area (Å²) in [6.45, 7) is 6.59. The number of nitrogens with zero attached hydrogens (tertiary/aromatic N) is 4. The molecule has 0 fully saturated rings. The summed E-state index contributed by atoms with van der Waals surface area (Å²) < 4.78 is 1.95. The SMILES string of the molecule is CC[C@@H](Cn1ccnc1)NC(=O)Nc1ccc2nc(C)c(C)nc2c1. The summed E-state index contributed by atoms with van der Waals surface area (Å²) in [7, 11) is 0. The van der Waals surface area contributed by atoms with E-state index in [0.29, 0.717) is 12.2 Å². The topological polar surface area (TPSA) is 84.7 Å². The lowest BCUT2D eigenvalue weighted by molar-refractivity contribution is 0.246. The van der Waals surface area contributed by atoms with Crippen molar-refractivity contribution in [3.05, 3.63) is 48.3 Å². The third-order valence-electron chi connectivity index (χ3n) is 4.15. The number of anilines is 1. The molecule has 0 bridgehead atoms. The maximum Gasteiger partial charge on any atom is 0.319 e. The summed E-state index contributed by atoms with van der Waals surface area (Å²) in [6.07, 6.45) is 6.18. The second-order valence-corrected chi connectivity index (χ2v) is 6.06. The van der Waals surface area contributed by atoms with Crippen molar-refractivity contribution in [1.82, 2.24) is 24.8 Å². The van der Waals surface area contributed by atoms with Crippen molar-refractivity contribution in [1.29, 1.82) is 0 Å². The van der Waals surface area contributed by atoms with E-state index in [1.54, 1.807) is 12.5 Å². The number of aryl methyl sites for hydroxylation is 2. The first kappa shape index (κ1) is 16.9. The lowest BCUT2D eigenvalue weighted by atomic mass is 10.2. The molecule has 2 heterocycles. The van der Waals surface area contributed by atoms with Crippen LogP contribution in [-0.4, -0.2) is 31.6 Å². The van der Waals surface area contributed by atoms with Gasteiger partial charge in [-0.2, -0.15) is 0 Å². The molecule has 0 spiro atoms. The van der Waals surface area contributed by atoms with Crippen LogP contribution in [-0.2, 0) is 6.54 Å². The van der Waals surface area contributed by atoms with Gasteiger partial charge in [0.1, 0.15) is 0 Å². The van der Waals surface area contributed by atoms with E-state index in [9.17, 15) is 4.79 Å². The van der Waals surface area contributed by atoms with E-state index in [4.69, 9.17) is 0 Å². The van der Waals surface area contributed by atoms with Crippen LogP contribution < -0.4 is 10.6 Å². The number of urea groups is 1. The zero-order chi connectivity index (χ0) is 17.8. The predicted octanol–water partition coefficient (Wildman–Crippen LogP) is 3.04. The van der Waals surface area contributed by atoms with Gasteiger partial charge in [0.2, 0.25) is 0 Å². The van der Waals surface area contributed by atoms with Crippen LogP contribution in [0.1, 0.15) is 24.7 Å². The fraction of sp³-hybridized carbons (Fsp3) is 0.333. The molecule has 0 radical (unpaired) electrons. The molecule has 0 unspecified atom stereocenters. The summed E-state index contributed by atoms with van der Waals surface area (Å²) >= 11 is 0. The van der Waals surface area contributed by atoms with Crippen LogP contribution in [0.15, 0.2) is 36.9 Å². The number of fused-ring (bicyclic) bond motifs is 1. The van der Waals surface area contributed by atoms with Gasteiger partial charge in [-0.15, -0.1) is 0 Å². The Morgan fingerprint density at radius 2 is 1.96 bits per heavy atom. The van der Waals surface area contributed by atoms with Gasteiger partial charge in [0.15, 0.2) is 0 Å². The second kappa shape index (κ2) is 7.29. The molecule has 130 valence electrons. The summed E-state index contributed by atoms with van der Waals surface area (Å²) in [5, 5.41) is 5.86. The lowest BCUT2D eigenvalue weighted by Crippen LogP contribution is -2.40. The second-order valence-electron chi connectivity index (χ2n) is 6.06. The van der Waals surface area contributed by atoms with Gasteiger partial charge in [-0.3, -0.25) is 0 Å². The first-order valence-electron chi connectivity index (χ1n) is 8.33. The molecule has 7 nitrogen and oxygen atoms in total. The van der Waals surface area contributed by atoms with Gasteiger partial charge in [0, 0.05) is 30.7 Å². The molecule has 2 aromatic heterocycles. The number of benzene rings is 1. The molecule has 0 aliphatic heterocycles. The highest BCUT2D eigenvalue weighted by molar-refractivity contribution is 5.92. The molecule has 1 aromatic carbocycles. The Labute approximate surface area is 146 Å². The zero-order valence-corrected chi connectivity index (χ0v) is 14.7. The number of amides is 2. The number of rotatable bonds is 5. The van der Waals surface area contributed by atoms with E-state index in [-0.39, 0.29) is 12.1 Å². The number of carbonyl (C=O) groups is 1. The van der Waals surface area contributed by atoms with Gasteiger partial charge in [-0.05, 0) is 38.5 Å². The molecule has 2 amide bonds. The Kier molecular flexibility index (Phi) is 4.92. The number of hydrogen-bond acceptors (Lipinski definition) is 4. The number of aromatic nitrogens is 4. The largest absolute Gasteiger partial charge is 0.335 e. The van der Waals surface area contributed by atoms with E-state index >= 15 is 0 Å². The van der Waals surface area contributed by atoms with Gasteiger partial charge >= 0.3 is 6.03 Å². The van der Waals surface area contributed by atoms with Crippen LogP contribution in [0.5, 0.6) is 0 Å². The van der Waals surface area contributed by atoms with Gasteiger partial charge in [-0.25, -0.2) is 19.7 Å². The van der Waals surface area contributed by atoms with E-state index < -0.39 is 0 Å². The Hall–Kier alpha value is -2.96. The molecule has 7 heteroatoms. The van der Waals surface area contributed by atoms with Gasteiger partial charge in [0.25, 0.3) is 0 Å². The average molecular weight is 338 g/mol. The number of hydrogen-bond donors (Lipinski definition) is 2. The highest BCUT2D eigenvalue weighted by atomic mass is 16.2. The molecule has 3 aromatic rings. The molecule has 25 heavy (non-hydrogen) atoms. The quantitative estimate of drug-likeness (QED) is 0.749. The summed E-state index contributed by atoms with van der Waals surface area (Å²) in [4.78, 5) is 25.3. The molecule has 3 rings (SSSR count). The maximum atomic E-state index is 12.3. The summed E-state index contributed by atoms with van der Waals surface area (Å²) in [5.41, 5.74) is 4.09. The minimum absolute atomic E-state index is 0.0272. The van der Waals surface area contributed by atoms with E-state index in [1.807, 2.05) is 49.7 Å². The normalized spacial score (nSPS) is 12.1. The molecule has 0 saturated carbocycles. The van der Waals surface area contributed by atoms with Crippen molar-refractivity contribution >= 4 is 22.8 Å². The maximum absolute atomic E-state index is 12.3. The monoisotopic (exact) mass is 338 g/mol. The van der Waals surface area contributed by atoms with E-state index in [0.717, 1.165) is 28.8 Å². The average Bonchev–Trinajstić information content (AvgIpc) is 3.08. The third-order valence-corrected chi connectivity index (χ3v) is 4.15. The number of carbonyl (C=O) groups excluding carboxylic acids is 1. The zero-order valence-electron chi connectivity index (χ0n) is 14.7. The molecule has 0 aliphatic carbocycles. The van der Waals surface area contributed by atoms with Gasteiger partial charge in [0.05, 0.1) is 28.7 Å². The first-order valence-corrected chi connectivity index (χ1v) is 8.33. The summed E-state index contributed by atoms with van der Waals surface area (Å²) in [6, 6.07) is 5.34. The Morgan fingerprint density at radius 3 is 2.64 bits per heavy atom. The Morgan fingerprint density at radius 1 is 1.20 bits per heavy atom. The number of nitrogens with one attached hydrogen (secondary N) is 2. The molecule has 1 atom stereocenters. The first-order chi connectivity index (χ1) is 12.0. The third kappa shape index (κ3) is 4.12. The highest BCUT2D eigenvalue weighted by Gasteiger charge is 2.11. The molecule has 0 saturated heterocycles. The van der Waals surface area contributed by atoms with Gasteiger partial charge < -0.3 is 15.2 Å². The molecular weight excluding hydrogens is 316 g/mol. The highest BCUT2D eigenvalue weighted by Crippen LogP contribution is 2.17. The van der Waals surface area contributed by atoms with Crippen molar-refractivity contribution in [2.75, 3.05) is 5.32 Å². The van der Waals surface area contributed by atoms with Gasteiger partial charge in [-0.1, -0.05) is 6.92 Å². The van der Waals surface area contributed by atoms with Crippen LogP contribution in [0, 0.1) is 13.8 Å². The Balaban J connectivity index is 1.67. The molecular formula is C18H22N6O. The van der Waals surface area contributed by atoms with E-state index in [2.05, 4.69) is 25.6 Å². The smallest absolute Gasteiger partial charge is 0.319 e. The predicted molar refractivity (Wildman–Crippen MR) is 97.5 cm³/mol. The van der Waals surface area contributed by atoms with Crippen molar-refractivity contribution in [2.24, 2.45) is 0 Å². The minimum atomic E-state index is -0.233. The standard InChI is InChI=1S/C18H22N6O/c1-4-14(10-24-8-7-19-11-24)22-18(25)23-15-5-6-16-17(9-15)21-13(3)12(2)20-16/h5-9,11,14H,4,10H2,1-3H3,(H2,22,23,25)/t14-/m0/s1. The lowest BCUT2D eigenvalue weighted by Gasteiger charge is -2.18. The van der Waals surface area contributed by atoms with Crippen LogP contribution in [0.4, 0.5) is 10.5 Å². The van der Waals surface area contributed by atoms with E-state index in [1.165, 1.54) is 0 Å². The van der Waals surface area contributed by atoms with Crippen LogP contribution in [0.3, 0.4) is 0 Å². The van der Waals surface area contributed by atoms with Crippen LogP contribution in [0.25, 0.3) is 11.0 Å². The summed E-state index contributed by atoms with van der Waals surface area (Å²) in [5.74, 6) is 0. The fourth-order valence-electron chi connectivity index (χ4n) is 2.59. The minimum Gasteiger partial charge on any atom is -0.335 e. The van der Waals surface area contributed by atoms with Crippen molar-refractivity contribution in [2.45, 2.75) is 39.8 Å². The van der Waals surface area contributed by atoms with Crippen molar-refractivity contribution in [3.63, 3.8) is 0 Å². The fourth-order valence-corrected chi connectivity index (χ4v) is 2.59. The van der Waals surface area contributed by atoms with Crippen LogP contribution in [0.2, 0.25) is 0 Å². The molecule has 2 N–H and O–H groups in total. The Bertz CT molecular complexity index is 875. The van der Waals surface area contributed by atoms with Crippen LogP contribution >= 0.6 is 0 Å². The number of imidazole rings is 1.